The van der Waals surface area contributed by atoms with Crippen molar-refractivity contribution in [1.29, 1.82) is 0 Å². The Morgan fingerprint density at radius 2 is 1.73 bits per heavy atom. The molecular weight excluding hydrogens is 689 g/mol. The number of aryl methyl sites for hydroxylation is 1. The van der Waals surface area contributed by atoms with Gasteiger partial charge in [0.2, 0.25) is 5.91 Å². The molecule has 4 aromatic rings. The second-order valence-electron chi connectivity index (χ2n) is 10.9. The first-order valence-electron chi connectivity index (χ1n) is 15.4. The van der Waals surface area contributed by atoms with Gasteiger partial charge in [0.25, 0.3) is 11.8 Å². The maximum atomic E-state index is 13.6. The Balaban J connectivity index is 1.30. The summed E-state index contributed by atoms with van der Waals surface area (Å²) in [5.41, 5.74) is 2.73. The van der Waals surface area contributed by atoms with Crippen molar-refractivity contribution in [3.8, 4) is 0 Å². The number of hydrogen-bond donors (Lipinski definition) is 3. The smallest absolute Gasteiger partial charge is 0.341 e. The molecule has 3 aromatic carbocycles. The molecule has 0 saturated heterocycles. The molecule has 0 radical (unpaired) electrons. The minimum Gasteiger partial charge on any atom is -0.462 e. The summed E-state index contributed by atoms with van der Waals surface area (Å²) in [7, 11) is 0. The van der Waals surface area contributed by atoms with Gasteiger partial charge in [0.15, 0.2) is 0 Å². The zero-order valence-electron chi connectivity index (χ0n) is 26.2. The van der Waals surface area contributed by atoms with E-state index in [1.54, 1.807) is 80.6 Å². The third-order valence-electron chi connectivity index (χ3n) is 7.45. The summed E-state index contributed by atoms with van der Waals surface area (Å²) in [6.45, 7) is 3.79. The van der Waals surface area contributed by atoms with Crippen molar-refractivity contribution in [2.45, 2.75) is 49.7 Å². The van der Waals surface area contributed by atoms with Crippen molar-refractivity contribution in [2.24, 2.45) is 0 Å². The van der Waals surface area contributed by atoms with Gasteiger partial charge < -0.3 is 20.7 Å². The summed E-state index contributed by atoms with van der Waals surface area (Å²) in [6.07, 6.45) is 5.19. The maximum absolute atomic E-state index is 13.6. The summed E-state index contributed by atoms with van der Waals surface area (Å²) < 4.78 is 5.32. The summed E-state index contributed by atoms with van der Waals surface area (Å²) in [5.74, 6) is -1.72. The molecule has 3 N–H and O–H groups in total. The average Bonchev–Trinajstić information content (AvgIpc) is 3.44. The topological polar surface area (TPSA) is 114 Å². The fraction of sp³-hybridized carbons (Fsp3) is 0.222. The Morgan fingerprint density at radius 1 is 0.958 bits per heavy atom. The van der Waals surface area contributed by atoms with Gasteiger partial charge in [0.05, 0.1) is 17.4 Å². The summed E-state index contributed by atoms with van der Waals surface area (Å²) >= 11 is 15.2. The number of nitrogens with one attached hydrogen (secondary N) is 3. The molecule has 1 aromatic heterocycles. The highest BCUT2D eigenvalue weighted by Gasteiger charge is 2.28. The molecule has 0 bridgehead atoms. The molecule has 1 unspecified atom stereocenters. The minimum absolute atomic E-state index is 0.0325. The van der Waals surface area contributed by atoms with E-state index >= 15 is 0 Å². The van der Waals surface area contributed by atoms with E-state index in [2.05, 4.69) is 16.0 Å². The highest BCUT2D eigenvalue weighted by atomic mass is 35.5. The van der Waals surface area contributed by atoms with Crippen LogP contribution in [-0.2, 0) is 27.2 Å². The number of benzene rings is 3. The predicted octanol–water partition coefficient (Wildman–Crippen LogP) is 8.64. The largest absolute Gasteiger partial charge is 0.462 e. The molecule has 1 aliphatic carbocycles. The van der Waals surface area contributed by atoms with E-state index < -0.39 is 23.0 Å². The lowest BCUT2D eigenvalue weighted by molar-refractivity contribution is -0.115. The lowest BCUT2D eigenvalue weighted by Gasteiger charge is -2.15. The molecule has 8 nitrogen and oxygen atoms in total. The number of anilines is 2. The Kier molecular flexibility index (Phi) is 12.0. The molecular formula is C36H33Cl2N3O5S2. The van der Waals surface area contributed by atoms with Gasteiger partial charge in [-0.2, -0.15) is 0 Å². The molecule has 1 heterocycles. The van der Waals surface area contributed by atoms with Gasteiger partial charge in [0, 0.05) is 31.1 Å². The third kappa shape index (κ3) is 8.87. The molecule has 12 heteroatoms. The zero-order chi connectivity index (χ0) is 34.2. The van der Waals surface area contributed by atoms with Crippen LogP contribution in [-0.4, -0.2) is 35.5 Å². The highest BCUT2D eigenvalue weighted by molar-refractivity contribution is 8.00. The number of esters is 1. The standard InChI is InChI=1S/C36H33Cl2N3O5S2/c1-3-46-36(45)31-27-14-7-8-15-30(27)48-35(31)41-32(42)21(2)47-26-13-9-12-25(20-26)39-34(44)29(18-23-16-17-24(37)19-28(23)38)40-33(43)22-10-5-4-6-11-22/h4-6,9-13,16-21H,3,7-8,14-15H2,1-2H3,(H,39,44)(H,40,43)(H,41,42)/b29-18+. The van der Waals surface area contributed by atoms with Gasteiger partial charge in [-0.15, -0.1) is 23.1 Å². The van der Waals surface area contributed by atoms with Crippen molar-refractivity contribution < 1.29 is 23.9 Å². The van der Waals surface area contributed by atoms with E-state index in [4.69, 9.17) is 27.9 Å². The van der Waals surface area contributed by atoms with Gasteiger partial charge in [-0.25, -0.2) is 4.79 Å². The van der Waals surface area contributed by atoms with Crippen molar-refractivity contribution in [2.75, 3.05) is 17.2 Å². The molecule has 1 atom stereocenters. The van der Waals surface area contributed by atoms with E-state index in [0.717, 1.165) is 41.0 Å². The Morgan fingerprint density at radius 3 is 2.48 bits per heavy atom. The summed E-state index contributed by atoms with van der Waals surface area (Å²) in [5, 5.41) is 9.24. The van der Waals surface area contributed by atoms with Crippen LogP contribution in [0.5, 0.6) is 0 Å². The van der Waals surface area contributed by atoms with E-state index in [1.165, 1.54) is 29.2 Å². The number of thioether (sulfide) groups is 1. The monoisotopic (exact) mass is 721 g/mol. The number of fused-ring (bicyclic) bond motifs is 1. The Hall–Kier alpha value is -4.09. The number of amides is 3. The van der Waals surface area contributed by atoms with Crippen LogP contribution in [0.3, 0.4) is 0 Å². The molecule has 5 rings (SSSR count). The number of carbonyl (C=O) groups is 4. The molecule has 1 aliphatic rings. The first-order valence-corrected chi connectivity index (χ1v) is 17.8. The van der Waals surface area contributed by atoms with Crippen LogP contribution in [0.25, 0.3) is 6.08 Å². The van der Waals surface area contributed by atoms with Gasteiger partial charge in [0.1, 0.15) is 10.7 Å². The molecule has 3 amide bonds. The van der Waals surface area contributed by atoms with Crippen LogP contribution in [0.4, 0.5) is 10.7 Å². The summed E-state index contributed by atoms with van der Waals surface area (Å²) in [6, 6.07) is 20.4. The highest BCUT2D eigenvalue weighted by Crippen LogP contribution is 2.39. The first-order chi connectivity index (χ1) is 23.1. The zero-order valence-corrected chi connectivity index (χ0v) is 29.4. The van der Waals surface area contributed by atoms with Crippen molar-refractivity contribution in [3.05, 3.63) is 116 Å². The van der Waals surface area contributed by atoms with Crippen LogP contribution in [0.15, 0.2) is 83.4 Å². The molecule has 0 fully saturated rings. The number of thiophene rings is 1. The summed E-state index contributed by atoms with van der Waals surface area (Å²) in [4.78, 5) is 54.6. The molecule has 48 heavy (non-hydrogen) atoms. The van der Waals surface area contributed by atoms with E-state index in [0.29, 0.717) is 37.4 Å². The van der Waals surface area contributed by atoms with Crippen LogP contribution < -0.4 is 16.0 Å². The number of halogens is 2. The first kappa shape index (κ1) is 35.2. The second kappa shape index (κ2) is 16.3. The maximum Gasteiger partial charge on any atom is 0.341 e. The fourth-order valence-electron chi connectivity index (χ4n) is 5.11. The third-order valence-corrected chi connectivity index (χ3v) is 10.3. The Bertz CT molecular complexity index is 1880. The van der Waals surface area contributed by atoms with Crippen molar-refractivity contribution in [3.63, 3.8) is 0 Å². The molecule has 248 valence electrons. The lowest BCUT2D eigenvalue weighted by Crippen LogP contribution is -2.30. The predicted molar refractivity (Wildman–Crippen MR) is 194 cm³/mol. The normalized spacial score (nSPS) is 13.2. The van der Waals surface area contributed by atoms with Crippen LogP contribution in [0.1, 0.15) is 63.4 Å². The lowest BCUT2D eigenvalue weighted by atomic mass is 9.95. The quantitative estimate of drug-likeness (QED) is 0.0812. The fourth-order valence-corrected chi connectivity index (χ4v) is 7.78. The minimum atomic E-state index is -0.577. The van der Waals surface area contributed by atoms with Crippen LogP contribution in [0.2, 0.25) is 10.0 Å². The van der Waals surface area contributed by atoms with Gasteiger partial charge in [-0.1, -0.05) is 53.5 Å². The van der Waals surface area contributed by atoms with Crippen LogP contribution >= 0.6 is 46.3 Å². The van der Waals surface area contributed by atoms with Gasteiger partial charge >= 0.3 is 5.97 Å². The second-order valence-corrected chi connectivity index (χ2v) is 14.3. The molecule has 0 spiro atoms. The molecule has 0 saturated carbocycles. The number of carbonyl (C=O) groups excluding carboxylic acids is 4. The van der Waals surface area contributed by atoms with Crippen LogP contribution in [0, 0.1) is 0 Å². The number of rotatable bonds is 11. The van der Waals surface area contributed by atoms with Crippen molar-refractivity contribution in [1.82, 2.24) is 5.32 Å². The SMILES string of the molecule is CCOC(=O)c1c(NC(=O)C(C)Sc2cccc(NC(=O)/C(=C\c3ccc(Cl)cc3Cl)NC(=O)c3ccccc3)c2)sc2c1CCCC2. The van der Waals surface area contributed by atoms with E-state index in [9.17, 15) is 19.2 Å². The molecule has 0 aliphatic heterocycles. The van der Waals surface area contributed by atoms with Gasteiger partial charge in [-0.3, -0.25) is 14.4 Å². The van der Waals surface area contributed by atoms with E-state index in [-0.39, 0.29) is 18.2 Å². The van der Waals surface area contributed by atoms with Crippen molar-refractivity contribution >= 4 is 86.8 Å². The van der Waals surface area contributed by atoms with Gasteiger partial charge in [-0.05, 0) is 99.2 Å². The van der Waals surface area contributed by atoms with E-state index in [1.807, 2.05) is 6.07 Å². The number of hydrogen-bond acceptors (Lipinski definition) is 7. The Labute approximate surface area is 297 Å². The number of ether oxygens (including phenoxy) is 1. The average molecular weight is 723 g/mol.